The van der Waals surface area contributed by atoms with E-state index in [1.54, 1.807) is 13.2 Å². The van der Waals surface area contributed by atoms with Crippen molar-refractivity contribution < 1.29 is 9.47 Å². The number of benzene rings is 2. The molecule has 1 saturated carbocycles. The molecule has 1 aromatic heterocycles. The van der Waals surface area contributed by atoms with E-state index in [0.29, 0.717) is 28.2 Å². The number of para-hydroxylation sites is 1. The quantitative estimate of drug-likeness (QED) is 0.672. The van der Waals surface area contributed by atoms with E-state index in [-0.39, 0.29) is 11.7 Å². The van der Waals surface area contributed by atoms with Gasteiger partial charge < -0.3 is 14.5 Å². The Bertz CT molecular complexity index is 1010. The smallest absolute Gasteiger partial charge is 0.259 e. The van der Waals surface area contributed by atoms with Gasteiger partial charge in [-0.05, 0) is 65.9 Å². The minimum atomic E-state index is -0.160. The normalized spacial score (nSPS) is 14.7. The number of halogens is 1. The van der Waals surface area contributed by atoms with Crippen LogP contribution in [0.4, 0.5) is 0 Å². The van der Waals surface area contributed by atoms with Crippen LogP contribution in [0.5, 0.6) is 11.5 Å². The third-order valence-electron chi connectivity index (χ3n) is 4.70. The van der Waals surface area contributed by atoms with Crippen LogP contribution in [0.15, 0.2) is 45.7 Å². The number of hydrogen-bond donors (Lipinski definition) is 1. The van der Waals surface area contributed by atoms with Crippen LogP contribution in [0.2, 0.25) is 0 Å². The number of nitrogens with one attached hydrogen (secondary N) is 1. The van der Waals surface area contributed by atoms with Gasteiger partial charge in [-0.15, -0.1) is 0 Å². The lowest BCUT2D eigenvalue weighted by Crippen LogP contribution is -2.12. The molecule has 0 bridgehead atoms. The summed E-state index contributed by atoms with van der Waals surface area (Å²) >= 11 is 3.59. The summed E-state index contributed by atoms with van der Waals surface area (Å²) in [6, 6.07) is 11.0. The molecule has 0 radical (unpaired) electrons. The molecule has 1 N–H and O–H groups in total. The summed E-state index contributed by atoms with van der Waals surface area (Å²) in [7, 11) is 1.61. The zero-order chi connectivity index (χ0) is 18.1. The summed E-state index contributed by atoms with van der Waals surface area (Å²) in [5, 5.41) is 0.573. The summed E-state index contributed by atoms with van der Waals surface area (Å²) in [5.41, 5.74) is 1.26. The number of rotatable bonds is 4. The second-order valence-electron chi connectivity index (χ2n) is 6.45. The van der Waals surface area contributed by atoms with Crippen LogP contribution in [-0.4, -0.2) is 23.2 Å². The molecule has 134 valence electrons. The molecule has 26 heavy (non-hydrogen) atoms. The molecule has 0 spiro atoms. The Morgan fingerprint density at radius 1 is 1.19 bits per heavy atom. The molecule has 1 aliphatic rings. The Morgan fingerprint density at radius 3 is 2.73 bits per heavy atom. The monoisotopic (exact) mass is 414 g/mol. The van der Waals surface area contributed by atoms with Gasteiger partial charge in [-0.25, -0.2) is 4.98 Å². The molecule has 2 aromatic carbocycles. The van der Waals surface area contributed by atoms with E-state index >= 15 is 0 Å². The first kappa shape index (κ1) is 17.1. The van der Waals surface area contributed by atoms with E-state index in [1.807, 2.05) is 30.3 Å². The number of H-pyrrole nitrogens is 1. The topological polar surface area (TPSA) is 64.2 Å². The van der Waals surface area contributed by atoms with Gasteiger partial charge in [-0.2, -0.15) is 0 Å². The number of aromatic amines is 1. The second-order valence-corrected chi connectivity index (χ2v) is 7.30. The number of methoxy groups -OCH3 is 1. The fourth-order valence-electron chi connectivity index (χ4n) is 3.37. The average molecular weight is 415 g/mol. The van der Waals surface area contributed by atoms with Gasteiger partial charge >= 0.3 is 0 Å². The van der Waals surface area contributed by atoms with Crippen LogP contribution >= 0.6 is 15.9 Å². The standard InChI is InChI=1S/C20H19BrN2O3/c1-25-17-11-12(10-15(21)18(17)26-13-6-2-3-7-13)19-22-16-9-5-4-8-14(16)20(24)23-19/h4-5,8-11,13H,2-3,6-7H2,1H3,(H,22,23,24). The first-order chi connectivity index (χ1) is 12.7. The highest BCUT2D eigenvalue weighted by atomic mass is 79.9. The molecule has 3 aromatic rings. The van der Waals surface area contributed by atoms with Crippen molar-refractivity contribution in [3.63, 3.8) is 0 Å². The highest BCUT2D eigenvalue weighted by Crippen LogP contribution is 2.41. The van der Waals surface area contributed by atoms with E-state index in [0.717, 1.165) is 22.9 Å². The fourth-order valence-corrected chi connectivity index (χ4v) is 3.90. The lowest BCUT2D eigenvalue weighted by atomic mass is 10.1. The zero-order valence-corrected chi connectivity index (χ0v) is 16.0. The maximum absolute atomic E-state index is 12.3. The second kappa shape index (κ2) is 7.11. The van der Waals surface area contributed by atoms with Gasteiger partial charge in [-0.3, -0.25) is 4.79 Å². The summed E-state index contributed by atoms with van der Waals surface area (Å²) in [6.07, 6.45) is 4.76. The van der Waals surface area contributed by atoms with Gasteiger partial charge in [0.1, 0.15) is 5.82 Å². The number of ether oxygens (including phenoxy) is 2. The van der Waals surface area contributed by atoms with Crippen LogP contribution in [0.1, 0.15) is 25.7 Å². The van der Waals surface area contributed by atoms with Crippen molar-refractivity contribution in [1.82, 2.24) is 9.97 Å². The van der Waals surface area contributed by atoms with E-state index in [1.165, 1.54) is 12.8 Å². The van der Waals surface area contributed by atoms with Gasteiger partial charge in [0.05, 0.1) is 28.6 Å². The highest BCUT2D eigenvalue weighted by Gasteiger charge is 2.21. The molecule has 0 amide bonds. The molecule has 0 saturated heterocycles. The van der Waals surface area contributed by atoms with Crippen molar-refractivity contribution in [2.45, 2.75) is 31.8 Å². The fraction of sp³-hybridized carbons (Fsp3) is 0.300. The van der Waals surface area contributed by atoms with Gasteiger partial charge in [0, 0.05) is 5.56 Å². The van der Waals surface area contributed by atoms with Crippen molar-refractivity contribution in [3.05, 3.63) is 51.2 Å². The van der Waals surface area contributed by atoms with Gasteiger partial charge in [0.2, 0.25) is 0 Å². The van der Waals surface area contributed by atoms with E-state index in [2.05, 4.69) is 25.9 Å². The summed E-state index contributed by atoms with van der Waals surface area (Å²) in [6.45, 7) is 0. The van der Waals surface area contributed by atoms with E-state index < -0.39 is 0 Å². The molecule has 1 fully saturated rings. The minimum absolute atomic E-state index is 0.160. The predicted molar refractivity (Wildman–Crippen MR) is 105 cm³/mol. The highest BCUT2D eigenvalue weighted by molar-refractivity contribution is 9.10. The molecule has 5 nitrogen and oxygen atoms in total. The van der Waals surface area contributed by atoms with Gasteiger partial charge in [-0.1, -0.05) is 12.1 Å². The third kappa shape index (κ3) is 3.21. The number of hydrogen-bond acceptors (Lipinski definition) is 4. The predicted octanol–water partition coefficient (Wildman–Crippen LogP) is 4.68. The maximum atomic E-state index is 12.3. The Hall–Kier alpha value is -2.34. The van der Waals surface area contributed by atoms with Crippen LogP contribution in [0.25, 0.3) is 22.3 Å². The van der Waals surface area contributed by atoms with E-state index in [9.17, 15) is 4.79 Å². The minimum Gasteiger partial charge on any atom is -0.493 e. The SMILES string of the molecule is COc1cc(-c2nc3ccccc3c(=O)[nH]2)cc(Br)c1OC1CCCC1. The number of aromatic nitrogens is 2. The van der Waals surface area contributed by atoms with Crippen molar-refractivity contribution in [1.29, 1.82) is 0 Å². The maximum Gasteiger partial charge on any atom is 0.259 e. The molecular formula is C20H19BrN2O3. The molecule has 0 unspecified atom stereocenters. The third-order valence-corrected chi connectivity index (χ3v) is 5.29. The van der Waals surface area contributed by atoms with Crippen molar-refractivity contribution in [2.75, 3.05) is 7.11 Å². The van der Waals surface area contributed by atoms with Crippen molar-refractivity contribution in [3.8, 4) is 22.9 Å². The zero-order valence-electron chi connectivity index (χ0n) is 14.4. The molecule has 1 heterocycles. The van der Waals surface area contributed by atoms with Gasteiger partial charge in [0.15, 0.2) is 11.5 Å². The molecule has 0 atom stereocenters. The molecule has 0 aliphatic heterocycles. The molecule has 4 rings (SSSR count). The summed E-state index contributed by atoms with van der Waals surface area (Å²) < 4.78 is 12.5. The first-order valence-corrected chi connectivity index (χ1v) is 9.48. The molecule has 6 heteroatoms. The van der Waals surface area contributed by atoms with E-state index in [4.69, 9.17) is 9.47 Å². The molecule has 1 aliphatic carbocycles. The van der Waals surface area contributed by atoms with Crippen LogP contribution < -0.4 is 15.0 Å². The Kier molecular flexibility index (Phi) is 4.68. The van der Waals surface area contributed by atoms with Crippen LogP contribution in [0.3, 0.4) is 0 Å². The largest absolute Gasteiger partial charge is 0.493 e. The summed E-state index contributed by atoms with van der Waals surface area (Å²) in [5.74, 6) is 1.82. The summed E-state index contributed by atoms with van der Waals surface area (Å²) in [4.78, 5) is 19.8. The van der Waals surface area contributed by atoms with Crippen LogP contribution in [-0.2, 0) is 0 Å². The number of fused-ring (bicyclic) bond motifs is 1. The van der Waals surface area contributed by atoms with Gasteiger partial charge in [0.25, 0.3) is 5.56 Å². The first-order valence-electron chi connectivity index (χ1n) is 8.69. The Balaban J connectivity index is 1.77. The van der Waals surface area contributed by atoms with Crippen LogP contribution in [0, 0.1) is 0 Å². The van der Waals surface area contributed by atoms with Crippen molar-refractivity contribution in [2.24, 2.45) is 0 Å². The van der Waals surface area contributed by atoms with Crippen molar-refractivity contribution >= 4 is 26.8 Å². The number of nitrogens with zero attached hydrogens (tertiary/aromatic N) is 1. The lowest BCUT2D eigenvalue weighted by molar-refractivity contribution is 0.199. The lowest BCUT2D eigenvalue weighted by Gasteiger charge is -2.18. The Labute approximate surface area is 159 Å². The molecular weight excluding hydrogens is 396 g/mol. The average Bonchev–Trinajstić information content (AvgIpc) is 3.16. The Morgan fingerprint density at radius 2 is 1.96 bits per heavy atom.